The maximum absolute atomic E-state index is 12.2. The van der Waals surface area contributed by atoms with Crippen molar-refractivity contribution in [3.63, 3.8) is 0 Å². The van der Waals surface area contributed by atoms with Gasteiger partial charge >= 0.3 is 0 Å². The van der Waals surface area contributed by atoms with Gasteiger partial charge in [-0.15, -0.1) is 0 Å². The summed E-state index contributed by atoms with van der Waals surface area (Å²) in [5.41, 5.74) is 0.829. The van der Waals surface area contributed by atoms with E-state index in [-0.39, 0.29) is 16.5 Å². The first-order valence-electron chi connectivity index (χ1n) is 5.60. The second-order valence-corrected chi connectivity index (χ2v) is 6.54. The van der Waals surface area contributed by atoms with Crippen molar-refractivity contribution in [1.29, 1.82) is 0 Å². The Morgan fingerprint density at radius 3 is 2.45 bits per heavy atom. The third-order valence-electron chi connectivity index (χ3n) is 2.56. The molecule has 0 amide bonds. The Balaban J connectivity index is 2.32. The standard InChI is InChI=1S/C13H11Cl2NO3S/c14-12-5-4-10(7-13(12)15)16-20(18,19)11-3-1-2-9(6-11)8-17/h1-7,16-17H,8H2. The Hall–Kier alpha value is -1.27. The molecule has 7 heteroatoms. The molecule has 2 aromatic rings. The summed E-state index contributed by atoms with van der Waals surface area (Å²) >= 11 is 11.6. The second kappa shape index (κ2) is 6.01. The molecule has 0 aliphatic rings. The minimum Gasteiger partial charge on any atom is -0.392 e. The van der Waals surface area contributed by atoms with E-state index in [1.165, 1.54) is 30.3 Å². The number of nitrogens with one attached hydrogen (secondary N) is 1. The quantitative estimate of drug-likeness (QED) is 0.903. The number of benzene rings is 2. The van der Waals surface area contributed by atoms with E-state index in [2.05, 4.69) is 4.72 Å². The number of aliphatic hydroxyl groups excluding tert-OH is 1. The average Bonchev–Trinajstić information content (AvgIpc) is 2.43. The maximum Gasteiger partial charge on any atom is 0.261 e. The molecule has 0 aromatic heterocycles. The molecule has 2 N–H and O–H groups in total. The Bertz CT molecular complexity index is 732. The highest BCUT2D eigenvalue weighted by atomic mass is 35.5. The fraction of sp³-hybridized carbons (Fsp3) is 0.0769. The highest BCUT2D eigenvalue weighted by Crippen LogP contribution is 2.26. The molecule has 0 spiro atoms. The van der Waals surface area contributed by atoms with Crippen LogP contribution in [-0.4, -0.2) is 13.5 Å². The Labute approximate surface area is 127 Å². The lowest BCUT2D eigenvalue weighted by Crippen LogP contribution is -2.13. The van der Waals surface area contributed by atoms with Crippen LogP contribution in [0, 0.1) is 0 Å². The lowest BCUT2D eigenvalue weighted by Gasteiger charge is -2.09. The van der Waals surface area contributed by atoms with Crippen LogP contribution in [0.15, 0.2) is 47.4 Å². The Morgan fingerprint density at radius 2 is 1.80 bits per heavy atom. The molecule has 0 saturated carbocycles. The van der Waals surface area contributed by atoms with E-state index in [9.17, 15) is 8.42 Å². The van der Waals surface area contributed by atoms with Gasteiger partial charge in [0.1, 0.15) is 0 Å². The van der Waals surface area contributed by atoms with Crippen molar-refractivity contribution in [3.8, 4) is 0 Å². The summed E-state index contributed by atoms with van der Waals surface area (Å²) in [6.07, 6.45) is 0. The summed E-state index contributed by atoms with van der Waals surface area (Å²) < 4.78 is 26.8. The minimum atomic E-state index is -3.74. The van der Waals surface area contributed by atoms with Gasteiger partial charge in [0.05, 0.1) is 27.2 Å². The molecule has 0 heterocycles. The predicted octanol–water partition coefficient (Wildman–Crippen LogP) is 3.29. The van der Waals surface area contributed by atoms with E-state index >= 15 is 0 Å². The van der Waals surface area contributed by atoms with Crippen molar-refractivity contribution >= 4 is 38.9 Å². The van der Waals surface area contributed by atoms with Crippen molar-refractivity contribution < 1.29 is 13.5 Å². The smallest absolute Gasteiger partial charge is 0.261 e. The molecule has 0 radical (unpaired) electrons. The van der Waals surface area contributed by atoms with Gasteiger partial charge in [0.2, 0.25) is 0 Å². The van der Waals surface area contributed by atoms with Crippen molar-refractivity contribution in [2.24, 2.45) is 0 Å². The van der Waals surface area contributed by atoms with Crippen molar-refractivity contribution in [2.45, 2.75) is 11.5 Å². The number of hydrogen-bond acceptors (Lipinski definition) is 3. The molecular weight excluding hydrogens is 321 g/mol. The van der Waals surface area contributed by atoms with Gasteiger partial charge < -0.3 is 5.11 Å². The molecular formula is C13H11Cl2NO3S. The SMILES string of the molecule is O=S(=O)(Nc1ccc(Cl)c(Cl)c1)c1cccc(CO)c1. The monoisotopic (exact) mass is 331 g/mol. The van der Waals surface area contributed by atoms with Crippen LogP contribution in [0.4, 0.5) is 5.69 Å². The van der Waals surface area contributed by atoms with Gasteiger partial charge in [-0.05, 0) is 35.9 Å². The van der Waals surface area contributed by atoms with E-state index < -0.39 is 10.0 Å². The third kappa shape index (κ3) is 3.43. The molecule has 20 heavy (non-hydrogen) atoms. The van der Waals surface area contributed by atoms with E-state index in [1.54, 1.807) is 12.1 Å². The van der Waals surface area contributed by atoms with Crippen LogP contribution in [0.1, 0.15) is 5.56 Å². The van der Waals surface area contributed by atoms with Gasteiger partial charge in [-0.25, -0.2) is 8.42 Å². The summed E-state index contributed by atoms with van der Waals surface area (Å²) in [6, 6.07) is 10.5. The summed E-state index contributed by atoms with van der Waals surface area (Å²) in [5.74, 6) is 0. The second-order valence-electron chi connectivity index (χ2n) is 4.04. The molecule has 0 fully saturated rings. The van der Waals surface area contributed by atoms with Gasteiger partial charge in [0.15, 0.2) is 0 Å². The van der Waals surface area contributed by atoms with Gasteiger partial charge in [-0.3, -0.25) is 4.72 Å². The maximum atomic E-state index is 12.2. The van der Waals surface area contributed by atoms with Crippen molar-refractivity contribution in [3.05, 3.63) is 58.1 Å². The van der Waals surface area contributed by atoms with Crippen LogP contribution in [-0.2, 0) is 16.6 Å². The number of sulfonamides is 1. The summed E-state index contributed by atoms with van der Waals surface area (Å²) in [6.45, 7) is -0.226. The number of halogens is 2. The lowest BCUT2D eigenvalue weighted by atomic mass is 10.2. The van der Waals surface area contributed by atoms with E-state index in [0.717, 1.165) is 0 Å². The largest absolute Gasteiger partial charge is 0.392 e. The molecule has 0 saturated heterocycles. The van der Waals surface area contributed by atoms with Crippen molar-refractivity contribution in [2.75, 3.05) is 4.72 Å². The van der Waals surface area contributed by atoms with Gasteiger partial charge in [0.25, 0.3) is 10.0 Å². The molecule has 2 aromatic carbocycles. The van der Waals surface area contributed by atoms with Gasteiger partial charge in [0, 0.05) is 0 Å². The molecule has 0 aliphatic carbocycles. The molecule has 4 nitrogen and oxygen atoms in total. The van der Waals surface area contributed by atoms with Crippen LogP contribution in [0.3, 0.4) is 0 Å². The summed E-state index contributed by atoms with van der Waals surface area (Å²) in [7, 11) is -3.74. The topological polar surface area (TPSA) is 66.4 Å². The van der Waals surface area contributed by atoms with Crippen LogP contribution >= 0.6 is 23.2 Å². The van der Waals surface area contributed by atoms with Crippen LogP contribution in [0.5, 0.6) is 0 Å². The zero-order valence-corrected chi connectivity index (χ0v) is 12.5. The number of hydrogen-bond donors (Lipinski definition) is 2. The third-order valence-corrected chi connectivity index (χ3v) is 4.68. The zero-order valence-electron chi connectivity index (χ0n) is 10.2. The van der Waals surface area contributed by atoms with E-state index in [4.69, 9.17) is 28.3 Å². The zero-order chi connectivity index (χ0) is 14.8. The predicted molar refractivity (Wildman–Crippen MR) is 79.6 cm³/mol. The molecule has 2 rings (SSSR count). The normalized spacial score (nSPS) is 11.3. The lowest BCUT2D eigenvalue weighted by molar-refractivity contribution is 0.281. The average molecular weight is 332 g/mol. The molecule has 106 valence electrons. The summed E-state index contributed by atoms with van der Waals surface area (Å²) in [5, 5.41) is 9.64. The van der Waals surface area contributed by atoms with Crippen LogP contribution in [0.2, 0.25) is 10.0 Å². The molecule has 0 bridgehead atoms. The van der Waals surface area contributed by atoms with Gasteiger partial charge in [-0.2, -0.15) is 0 Å². The minimum absolute atomic E-state index is 0.0649. The fourth-order valence-electron chi connectivity index (χ4n) is 1.58. The van der Waals surface area contributed by atoms with Crippen molar-refractivity contribution in [1.82, 2.24) is 0 Å². The van der Waals surface area contributed by atoms with Crippen LogP contribution < -0.4 is 4.72 Å². The molecule has 0 atom stereocenters. The molecule has 0 unspecified atom stereocenters. The Kier molecular flexibility index (Phi) is 4.55. The highest BCUT2D eigenvalue weighted by Gasteiger charge is 2.15. The highest BCUT2D eigenvalue weighted by molar-refractivity contribution is 7.92. The van der Waals surface area contributed by atoms with E-state index in [0.29, 0.717) is 16.3 Å². The number of rotatable bonds is 4. The first-order chi connectivity index (χ1) is 9.42. The number of anilines is 1. The van der Waals surface area contributed by atoms with Gasteiger partial charge in [-0.1, -0.05) is 35.3 Å². The number of aliphatic hydroxyl groups is 1. The summed E-state index contributed by atoms with van der Waals surface area (Å²) in [4.78, 5) is 0.0649. The Morgan fingerprint density at radius 1 is 1.05 bits per heavy atom. The first kappa shape index (κ1) is 15.1. The fourth-order valence-corrected chi connectivity index (χ4v) is 3.00. The molecule has 0 aliphatic heterocycles. The van der Waals surface area contributed by atoms with Crippen LogP contribution in [0.25, 0.3) is 0 Å². The first-order valence-corrected chi connectivity index (χ1v) is 7.84. The van der Waals surface area contributed by atoms with E-state index in [1.807, 2.05) is 0 Å².